The standard InChI is InChI=1S/C14H11N3O3/c18-11-7-12(19)17(20)14-13(11)10(15-8-16-14)6-9-4-2-1-3-5-9/h1-5,7-8,18,20H,6H2. The van der Waals surface area contributed by atoms with Gasteiger partial charge in [0.2, 0.25) is 0 Å². The van der Waals surface area contributed by atoms with E-state index in [0.29, 0.717) is 16.8 Å². The fourth-order valence-electron chi connectivity index (χ4n) is 2.11. The maximum atomic E-state index is 11.4. The summed E-state index contributed by atoms with van der Waals surface area (Å²) in [6.45, 7) is 0. The molecule has 0 fully saturated rings. The average molecular weight is 269 g/mol. The third-order valence-electron chi connectivity index (χ3n) is 3.05. The average Bonchev–Trinajstić information content (AvgIpc) is 2.46. The molecule has 1 aromatic carbocycles. The zero-order chi connectivity index (χ0) is 14.1. The smallest absolute Gasteiger partial charge is 0.288 e. The van der Waals surface area contributed by atoms with Crippen molar-refractivity contribution in [3.05, 3.63) is 64.3 Å². The van der Waals surface area contributed by atoms with Crippen LogP contribution in [0.2, 0.25) is 0 Å². The van der Waals surface area contributed by atoms with Crippen LogP contribution in [0.5, 0.6) is 5.75 Å². The summed E-state index contributed by atoms with van der Waals surface area (Å²) in [4.78, 5) is 19.4. The van der Waals surface area contributed by atoms with Gasteiger partial charge >= 0.3 is 0 Å². The molecule has 0 saturated heterocycles. The van der Waals surface area contributed by atoms with E-state index < -0.39 is 5.56 Å². The van der Waals surface area contributed by atoms with Crippen molar-refractivity contribution in [2.24, 2.45) is 0 Å². The number of aromatic hydroxyl groups is 1. The Morgan fingerprint density at radius 2 is 1.90 bits per heavy atom. The molecule has 0 aliphatic rings. The lowest BCUT2D eigenvalue weighted by atomic mass is 10.1. The van der Waals surface area contributed by atoms with E-state index in [2.05, 4.69) is 9.97 Å². The van der Waals surface area contributed by atoms with E-state index in [-0.39, 0.29) is 16.8 Å². The highest BCUT2D eigenvalue weighted by atomic mass is 16.5. The fourth-order valence-corrected chi connectivity index (χ4v) is 2.11. The van der Waals surface area contributed by atoms with Crippen molar-refractivity contribution in [2.75, 3.05) is 0 Å². The zero-order valence-corrected chi connectivity index (χ0v) is 10.4. The molecular formula is C14H11N3O3. The molecule has 0 spiro atoms. The topological polar surface area (TPSA) is 88.2 Å². The normalized spacial score (nSPS) is 10.8. The van der Waals surface area contributed by atoms with Crippen LogP contribution in [-0.2, 0) is 6.42 Å². The van der Waals surface area contributed by atoms with E-state index >= 15 is 0 Å². The second-order valence-electron chi connectivity index (χ2n) is 4.36. The van der Waals surface area contributed by atoms with Crippen molar-refractivity contribution in [1.29, 1.82) is 0 Å². The molecule has 3 aromatic rings. The Bertz CT molecular complexity index is 828. The summed E-state index contributed by atoms with van der Waals surface area (Å²) in [5.41, 5.74) is 0.805. The van der Waals surface area contributed by atoms with E-state index in [1.807, 2.05) is 30.3 Å². The van der Waals surface area contributed by atoms with Crippen LogP contribution in [0.15, 0.2) is 47.5 Å². The lowest BCUT2D eigenvalue weighted by Crippen LogP contribution is -2.18. The minimum Gasteiger partial charge on any atom is -0.507 e. The minimum atomic E-state index is -0.737. The molecule has 2 aromatic heterocycles. The van der Waals surface area contributed by atoms with E-state index in [0.717, 1.165) is 11.6 Å². The van der Waals surface area contributed by atoms with Gasteiger partial charge in [-0.3, -0.25) is 4.79 Å². The van der Waals surface area contributed by atoms with Gasteiger partial charge in [-0.2, -0.15) is 0 Å². The Morgan fingerprint density at radius 3 is 2.65 bits per heavy atom. The first kappa shape index (κ1) is 12.2. The first-order chi connectivity index (χ1) is 9.66. The zero-order valence-electron chi connectivity index (χ0n) is 10.4. The molecule has 0 radical (unpaired) electrons. The molecule has 0 saturated carbocycles. The van der Waals surface area contributed by atoms with Gasteiger partial charge in [0.1, 0.15) is 12.1 Å². The van der Waals surface area contributed by atoms with Gasteiger partial charge in [0.15, 0.2) is 5.65 Å². The van der Waals surface area contributed by atoms with E-state index in [1.165, 1.54) is 6.33 Å². The molecule has 2 heterocycles. The number of nitrogens with zero attached hydrogens (tertiary/aromatic N) is 3. The summed E-state index contributed by atoms with van der Waals surface area (Å²) in [6, 6.07) is 10.5. The minimum absolute atomic E-state index is 0.00377. The molecule has 6 nitrogen and oxygen atoms in total. The highest BCUT2D eigenvalue weighted by Crippen LogP contribution is 2.24. The van der Waals surface area contributed by atoms with Gasteiger partial charge in [-0.25, -0.2) is 9.97 Å². The Kier molecular flexibility index (Phi) is 2.83. The van der Waals surface area contributed by atoms with Gasteiger partial charge in [0.05, 0.1) is 11.1 Å². The first-order valence-electron chi connectivity index (χ1n) is 5.98. The fraction of sp³-hybridized carbons (Fsp3) is 0.0714. The van der Waals surface area contributed by atoms with Crippen molar-refractivity contribution >= 4 is 11.0 Å². The van der Waals surface area contributed by atoms with Crippen molar-refractivity contribution in [3.8, 4) is 5.75 Å². The number of hydrogen-bond donors (Lipinski definition) is 2. The summed E-state index contributed by atoms with van der Waals surface area (Å²) < 4.78 is 0.408. The third-order valence-corrected chi connectivity index (χ3v) is 3.05. The Balaban J connectivity index is 2.22. The van der Waals surface area contributed by atoms with Crippen LogP contribution in [0.4, 0.5) is 0 Å². The van der Waals surface area contributed by atoms with E-state index in [4.69, 9.17) is 0 Å². The number of rotatable bonds is 2. The summed E-state index contributed by atoms with van der Waals surface area (Å²) in [5, 5.41) is 19.9. The number of pyridine rings is 1. The van der Waals surface area contributed by atoms with Crippen LogP contribution in [0.1, 0.15) is 11.3 Å². The molecule has 2 N–H and O–H groups in total. The maximum absolute atomic E-state index is 11.4. The van der Waals surface area contributed by atoms with Gasteiger partial charge in [0, 0.05) is 12.5 Å². The molecule has 0 aliphatic carbocycles. The molecule has 3 rings (SSSR count). The highest BCUT2D eigenvalue weighted by molar-refractivity contribution is 5.84. The molecule has 100 valence electrons. The summed E-state index contributed by atoms with van der Waals surface area (Å²) in [5.74, 6) is -0.234. The van der Waals surface area contributed by atoms with Gasteiger partial charge < -0.3 is 10.3 Å². The van der Waals surface area contributed by atoms with Crippen LogP contribution < -0.4 is 5.56 Å². The highest BCUT2D eigenvalue weighted by Gasteiger charge is 2.14. The molecular weight excluding hydrogens is 258 g/mol. The lowest BCUT2D eigenvalue weighted by Gasteiger charge is -2.08. The predicted molar refractivity (Wildman–Crippen MR) is 71.9 cm³/mol. The molecule has 20 heavy (non-hydrogen) atoms. The van der Waals surface area contributed by atoms with Crippen molar-refractivity contribution in [3.63, 3.8) is 0 Å². The monoisotopic (exact) mass is 269 g/mol. The molecule has 0 unspecified atom stereocenters. The summed E-state index contributed by atoms with van der Waals surface area (Å²) in [6.07, 6.45) is 1.72. The summed E-state index contributed by atoms with van der Waals surface area (Å²) >= 11 is 0. The number of hydrogen-bond acceptors (Lipinski definition) is 5. The van der Waals surface area contributed by atoms with Gasteiger partial charge in [-0.15, -0.1) is 4.73 Å². The van der Waals surface area contributed by atoms with E-state index in [9.17, 15) is 15.1 Å². The Morgan fingerprint density at radius 1 is 1.15 bits per heavy atom. The third kappa shape index (κ3) is 1.97. The van der Waals surface area contributed by atoms with Gasteiger partial charge in [-0.1, -0.05) is 30.3 Å². The van der Waals surface area contributed by atoms with Gasteiger partial charge in [-0.05, 0) is 5.56 Å². The first-order valence-corrected chi connectivity index (χ1v) is 5.98. The van der Waals surface area contributed by atoms with Gasteiger partial charge in [0.25, 0.3) is 5.56 Å². The van der Waals surface area contributed by atoms with Crippen LogP contribution in [0.3, 0.4) is 0 Å². The number of fused-ring (bicyclic) bond motifs is 1. The number of aromatic nitrogens is 3. The molecule has 6 heteroatoms. The SMILES string of the molecule is O=c1cc(O)c2c(Cc3ccccc3)ncnc2n1O. The largest absolute Gasteiger partial charge is 0.507 e. The second-order valence-corrected chi connectivity index (χ2v) is 4.36. The maximum Gasteiger partial charge on any atom is 0.288 e. The molecule has 0 atom stereocenters. The van der Waals surface area contributed by atoms with Crippen molar-refractivity contribution in [2.45, 2.75) is 6.42 Å². The molecule has 0 amide bonds. The van der Waals surface area contributed by atoms with Crippen LogP contribution in [0, 0.1) is 0 Å². The van der Waals surface area contributed by atoms with Crippen LogP contribution in [0.25, 0.3) is 11.0 Å². The van der Waals surface area contributed by atoms with Crippen LogP contribution >= 0.6 is 0 Å². The van der Waals surface area contributed by atoms with Crippen LogP contribution in [-0.4, -0.2) is 25.0 Å². The predicted octanol–water partition coefficient (Wildman–Crippen LogP) is 1.33. The van der Waals surface area contributed by atoms with Crippen molar-refractivity contribution < 1.29 is 10.3 Å². The Labute approximate surface area is 113 Å². The van der Waals surface area contributed by atoms with Crippen molar-refractivity contribution in [1.82, 2.24) is 14.7 Å². The summed E-state index contributed by atoms with van der Waals surface area (Å²) in [7, 11) is 0. The number of benzene rings is 1. The van der Waals surface area contributed by atoms with E-state index in [1.54, 1.807) is 0 Å². The molecule has 0 bridgehead atoms. The lowest BCUT2D eigenvalue weighted by molar-refractivity contribution is 0.186. The second kappa shape index (κ2) is 4.65. The quantitative estimate of drug-likeness (QED) is 0.685. The molecule has 0 aliphatic heterocycles. The Hall–Kier alpha value is -2.89.